The van der Waals surface area contributed by atoms with E-state index in [4.69, 9.17) is 0 Å². The zero-order valence-corrected chi connectivity index (χ0v) is 15.4. The number of amides is 1. The topological polar surface area (TPSA) is 64.0 Å². The van der Waals surface area contributed by atoms with E-state index in [2.05, 4.69) is 22.6 Å². The van der Waals surface area contributed by atoms with Crippen molar-refractivity contribution in [1.29, 1.82) is 0 Å². The lowest BCUT2D eigenvalue weighted by Crippen LogP contribution is -2.36. The van der Waals surface area contributed by atoms with Gasteiger partial charge in [0.05, 0.1) is 10.9 Å². The number of rotatable bonds is 4. The van der Waals surface area contributed by atoms with E-state index < -0.39 is 0 Å². The third-order valence-electron chi connectivity index (χ3n) is 5.91. The second-order valence-corrected chi connectivity index (χ2v) is 7.74. The van der Waals surface area contributed by atoms with Gasteiger partial charge in [-0.15, -0.1) is 0 Å². The maximum Gasteiger partial charge on any atom is 0.280 e. The summed E-state index contributed by atoms with van der Waals surface area (Å²) in [5, 5.41) is 0.491. The summed E-state index contributed by atoms with van der Waals surface area (Å²) in [5.41, 5.74) is 3.98. The average molecular weight is 371 g/mol. The number of carbonyl (C=O) groups excluding carboxylic acids is 1. The molecule has 3 atom stereocenters. The van der Waals surface area contributed by atoms with Crippen molar-refractivity contribution in [2.24, 2.45) is 17.8 Å². The van der Waals surface area contributed by atoms with Crippen LogP contribution in [0.5, 0.6) is 0 Å². The summed E-state index contributed by atoms with van der Waals surface area (Å²) in [7, 11) is 0. The predicted octanol–water partition coefficient (Wildman–Crippen LogP) is 3.74. The van der Waals surface area contributed by atoms with Crippen molar-refractivity contribution in [3.63, 3.8) is 0 Å². The Morgan fingerprint density at radius 1 is 1.04 bits per heavy atom. The fourth-order valence-corrected chi connectivity index (χ4v) is 4.56. The second-order valence-electron chi connectivity index (χ2n) is 7.74. The smallest absolute Gasteiger partial charge is 0.273 e. The van der Waals surface area contributed by atoms with E-state index >= 15 is 0 Å². The van der Waals surface area contributed by atoms with Gasteiger partial charge in [-0.2, -0.15) is 4.68 Å². The van der Waals surface area contributed by atoms with Crippen LogP contribution in [0.4, 0.5) is 0 Å². The SMILES string of the molecule is O=C(CC1CC2C=CC1C2)Nn1c(-c2ccccc2)nc2ccccc2c1=O. The van der Waals surface area contributed by atoms with E-state index in [1.807, 2.05) is 42.5 Å². The second kappa shape index (κ2) is 6.75. The van der Waals surface area contributed by atoms with Crippen molar-refractivity contribution in [3.05, 3.63) is 77.1 Å². The highest BCUT2D eigenvalue weighted by Crippen LogP contribution is 2.44. The molecule has 1 N–H and O–H groups in total. The zero-order chi connectivity index (χ0) is 19.1. The van der Waals surface area contributed by atoms with Gasteiger partial charge in [-0.05, 0) is 42.7 Å². The summed E-state index contributed by atoms with van der Waals surface area (Å²) in [6.07, 6.45) is 7.16. The molecule has 1 amide bonds. The first-order valence-corrected chi connectivity index (χ1v) is 9.74. The number of para-hydroxylation sites is 1. The Hall–Kier alpha value is -3.21. The summed E-state index contributed by atoms with van der Waals surface area (Å²) in [6, 6.07) is 16.7. The summed E-state index contributed by atoms with van der Waals surface area (Å²) < 4.78 is 1.31. The molecule has 3 aromatic rings. The Kier molecular flexibility index (Phi) is 4.08. The van der Waals surface area contributed by atoms with Crippen LogP contribution in [-0.4, -0.2) is 15.6 Å². The van der Waals surface area contributed by atoms with Crippen LogP contribution in [0.25, 0.3) is 22.3 Å². The maximum absolute atomic E-state index is 13.1. The minimum atomic E-state index is -0.259. The standard InChI is InChI=1S/C23H21N3O2/c27-21(14-18-13-15-10-11-17(18)12-15)25-26-22(16-6-2-1-3-7-16)24-20-9-5-4-8-19(20)23(26)28/h1-11,15,17-18H,12-14H2,(H,25,27). The monoisotopic (exact) mass is 371 g/mol. The lowest BCUT2D eigenvalue weighted by molar-refractivity contribution is -0.118. The van der Waals surface area contributed by atoms with Gasteiger partial charge in [0, 0.05) is 12.0 Å². The Bertz CT molecular complexity index is 1130. The van der Waals surface area contributed by atoms with Gasteiger partial charge in [0.15, 0.2) is 5.82 Å². The first kappa shape index (κ1) is 16.9. The van der Waals surface area contributed by atoms with Crippen LogP contribution < -0.4 is 11.0 Å². The largest absolute Gasteiger partial charge is 0.280 e. The van der Waals surface area contributed by atoms with Gasteiger partial charge < -0.3 is 0 Å². The van der Waals surface area contributed by atoms with Crippen molar-refractivity contribution < 1.29 is 4.79 Å². The Labute approximate surface area is 162 Å². The van der Waals surface area contributed by atoms with Crippen LogP contribution in [0, 0.1) is 17.8 Å². The molecule has 1 aromatic heterocycles. The summed E-state index contributed by atoms with van der Waals surface area (Å²) in [4.78, 5) is 30.6. The van der Waals surface area contributed by atoms with Crippen molar-refractivity contribution in [1.82, 2.24) is 9.66 Å². The summed E-state index contributed by atoms with van der Waals surface area (Å²) in [6.45, 7) is 0. The first-order valence-electron chi connectivity index (χ1n) is 9.74. The first-order chi connectivity index (χ1) is 13.7. The fraction of sp³-hybridized carbons (Fsp3) is 0.261. The molecule has 0 radical (unpaired) electrons. The number of carbonyl (C=O) groups is 1. The molecule has 2 aliphatic carbocycles. The highest BCUT2D eigenvalue weighted by Gasteiger charge is 2.36. The van der Waals surface area contributed by atoms with Crippen molar-refractivity contribution >= 4 is 16.8 Å². The van der Waals surface area contributed by atoms with E-state index in [1.165, 1.54) is 4.68 Å². The Balaban J connectivity index is 1.52. The van der Waals surface area contributed by atoms with Crippen molar-refractivity contribution in [2.45, 2.75) is 19.3 Å². The quantitative estimate of drug-likeness (QED) is 0.711. The molecule has 2 bridgehead atoms. The average Bonchev–Trinajstić information content (AvgIpc) is 3.34. The molecule has 5 nitrogen and oxygen atoms in total. The van der Waals surface area contributed by atoms with E-state index in [9.17, 15) is 9.59 Å². The molecule has 2 aliphatic rings. The maximum atomic E-state index is 13.1. The minimum absolute atomic E-state index is 0.137. The molecule has 3 unspecified atom stereocenters. The number of hydrogen-bond acceptors (Lipinski definition) is 3. The number of aromatic nitrogens is 2. The number of fused-ring (bicyclic) bond motifs is 3. The zero-order valence-electron chi connectivity index (χ0n) is 15.4. The van der Waals surface area contributed by atoms with Crippen molar-refractivity contribution in [2.75, 3.05) is 5.43 Å². The highest BCUT2D eigenvalue weighted by atomic mass is 16.2. The number of benzene rings is 2. The number of hydrogen-bond donors (Lipinski definition) is 1. The van der Waals surface area contributed by atoms with Gasteiger partial charge >= 0.3 is 0 Å². The summed E-state index contributed by atoms with van der Waals surface area (Å²) in [5.74, 6) is 1.79. The van der Waals surface area contributed by atoms with Gasteiger partial charge in [-0.25, -0.2) is 4.98 Å². The lowest BCUT2D eigenvalue weighted by Gasteiger charge is -2.19. The van der Waals surface area contributed by atoms with Crippen LogP contribution in [0.3, 0.4) is 0 Å². The minimum Gasteiger partial charge on any atom is -0.273 e. The van der Waals surface area contributed by atoms with Crippen LogP contribution >= 0.6 is 0 Å². The molecular weight excluding hydrogens is 350 g/mol. The van der Waals surface area contributed by atoms with Crippen LogP contribution in [0.2, 0.25) is 0 Å². The number of nitrogens with one attached hydrogen (secondary N) is 1. The van der Waals surface area contributed by atoms with Gasteiger partial charge in [0.2, 0.25) is 5.91 Å². The summed E-state index contributed by atoms with van der Waals surface area (Å²) >= 11 is 0. The molecule has 28 heavy (non-hydrogen) atoms. The Morgan fingerprint density at radius 2 is 1.82 bits per heavy atom. The molecule has 0 saturated heterocycles. The van der Waals surface area contributed by atoms with E-state index in [0.29, 0.717) is 40.9 Å². The van der Waals surface area contributed by atoms with Gasteiger partial charge in [0.25, 0.3) is 5.56 Å². The molecule has 0 spiro atoms. The van der Waals surface area contributed by atoms with Crippen LogP contribution in [0.1, 0.15) is 19.3 Å². The molecule has 2 aromatic carbocycles. The van der Waals surface area contributed by atoms with E-state index in [0.717, 1.165) is 18.4 Å². The highest BCUT2D eigenvalue weighted by molar-refractivity contribution is 5.86. The third kappa shape index (κ3) is 2.93. The normalized spacial score (nSPS) is 22.6. The molecule has 1 saturated carbocycles. The molecular formula is C23H21N3O2. The van der Waals surface area contributed by atoms with E-state index in [-0.39, 0.29) is 11.5 Å². The molecule has 1 fully saturated rings. The van der Waals surface area contributed by atoms with Crippen LogP contribution in [0.15, 0.2) is 71.5 Å². The van der Waals surface area contributed by atoms with Crippen molar-refractivity contribution in [3.8, 4) is 11.4 Å². The van der Waals surface area contributed by atoms with E-state index in [1.54, 1.807) is 12.1 Å². The molecule has 5 rings (SSSR count). The van der Waals surface area contributed by atoms with Gasteiger partial charge in [0.1, 0.15) is 0 Å². The number of nitrogens with zero attached hydrogens (tertiary/aromatic N) is 2. The number of allylic oxidation sites excluding steroid dienone is 2. The lowest BCUT2D eigenvalue weighted by atomic mass is 9.90. The third-order valence-corrected chi connectivity index (χ3v) is 5.91. The molecule has 0 aliphatic heterocycles. The molecule has 5 heteroatoms. The fourth-order valence-electron chi connectivity index (χ4n) is 4.56. The molecule has 1 heterocycles. The van der Waals surface area contributed by atoms with Gasteiger partial charge in [-0.1, -0.05) is 54.6 Å². The Morgan fingerprint density at radius 3 is 2.57 bits per heavy atom. The van der Waals surface area contributed by atoms with Crippen LogP contribution in [-0.2, 0) is 4.79 Å². The van der Waals surface area contributed by atoms with Gasteiger partial charge in [-0.3, -0.25) is 15.0 Å². The molecule has 140 valence electrons. The predicted molar refractivity (Wildman–Crippen MR) is 109 cm³/mol.